The van der Waals surface area contributed by atoms with Crippen LogP contribution in [0.1, 0.15) is 16.7 Å². The van der Waals surface area contributed by atoms with E-state index in [9.17, 15) is 10.2 Å². The summed E-state index contributed by atoms with van der Waals surface area (Å²) < 4.78 is 0. The fraction of sp³-hybridized carbons (Fsp3) is 0.200. The number of hydrogen-bond acceptors (Lipinski definition) is 2. The topological polar surface area (TPSA) is 40.5 Å². The zero-order valence-electron chi connectivity index (χ0n) is 10.3. The number of hydrogen-bond donors (Lipinski definition) is 2. The lowest BCUT2D eigenvalue weighted by Gasteiger charge is -2.13. The maximum Gasteiger partial charge on any atom is 0.123 e. The molecule has 17 heavy (non-hydrogen) atoms. The molecule has 2 aromatic carbocycles. The van der Waals surface area contributed by atoms with Crippen molar-refractivity contribution in [3.63, 3.8) is 0 Å². The number of aromatic hydroxyl groups is 2. The second-order valence-corrected chi connectivity index (χ2v) is 4.42. The summed E-state index contributed by atoms with van der Waals surface area (Å²) in [6.45, 7) is 5.82. The van der Waals surface area contributed by atoms with E-state index in [1.54, 1.807) is 0 Å². The summed E-state index contributed by atoms with van der Waals surface area (Å²) in [5.74, 6) is 0.410. The van der Waals surface area contributed by atoms with Gasteiger partial charge < -0.3 is 10.2 Å². The van der Waals surface area contributed by atoms with E-state index >= 15 is 0 Å². The van der Waals surface area contributed by atoms with Gasteiger partial charge in [-0.15, -0.1) is 0 Å². The van der Waals surface area contributed by atoms with Gasteiger partial charge in [0.15, 0.2) is 0 Å². The van der Waals surface area contributed by atoms with Crippen LogP contribution in [-0.2, 0) is 0 Å². The fourth-order valence-electron chi connectivity index (χ4n) is 2.03. The third-order valence-electron chi connectivity index (χ3n) is 3.08. The molecular formula is C15H16O2. The van der Waals surface area contributed by atoms with Gasteiger partial charge in [-0.3, -0.25) is 0 Å². The summed E-state index contributed by atoms with van der Waals surface area (Å²) in [5.41, 5.74) is 4.60. The van der Waals surface area contributed by atoms with Gasteiger partial charge in [-0.2, -0.15) is 0 Å². The monoisotopic (exact) mass is 228 g/mol. The van der Waals surface area contributed by atoms with E-state index in [0.29, 0.717) is 11.1 Å². The van der Waals surface area contributed by atoms with Gasteiger partial charge in [-0.05, 0) is 44.0 Å². The third kappa shape index (κ3) is 1.98. The van der Waals surface area contributed by atoms with Gasteiger partial charge in [-0.1, -0.05) is 23.8 Å². The molecule has 0 saturated carbocycles. The van der Waals surface area contributed by atoms with Crippen LogP contribution in [0.4, 0.5) is 0 Å². The van der Waals surface area contributed by atoms with Crippen LogP contribution < -0.4 is 0 Å². The summed E-state index contributed by atoms with van der Waals surface area (Å²) in [5, 5.41) is 19.7. The number of phenolic OH excluding ortho intramolecular Hbond substituents is 2. The fourth-order valence-corrected chi connectivity index (χ4v) is 2.03. The first-order valence-electron chi connectivity index (χ1n) is 5.60. The van der Waals surface area contributed by atoms with Gasteiger partial charge in [0.25, 0.3) is 0 Å². The molecule has 0 aliphatic carbocycles. The van der Waals surface area contributed by atoms with E-state index < -0.39 is 0 Å². The molecule has 0 aromatic heterocycles. The standard InChI is InChI=1S/C15H16O2/c1-9-4-5-10(2)12(8-9)15-11(3)13(16)6-7-14(15)17/h4-8,16-17H,1-3H3. The van der Waals surface area contributed by atoms with Gasteiger partial charge in [0.1, 0.15) is 11.5 Å². The summed E-state index contributed by atoms with van der Waals surface area (Å²) in [4.78, 5) is 0. The van der Waals surface area contributed by atoms with Gasteiger partial charge >= 0.3 is 0 Å². The molecule has 0 amide bonds. The molecule has 0 spiro atoms. The molecule has 2 rings (SSSR count). The van der Waals surface area contributed by atoms with Gasteiger partial charge in [0.2, 0.25) is 0 Å². The van der Waals surface area contributed by atoms with Gasteiger partial charge in [0.05, 0.1) is 0 Å². The molecule has 0 aliphatic rings. The molecule has 0 unspecified atom stereocenters. The molecule has 0 fully saturated rings. The summed E-state index contributed by atoms with van der Waals surface area (Å²) in [6, 6.07) is 9.12. The van der Waals surface area contributed by atoms with E-state index in [1.165, 1.54) is 12.1 Å². The Morgan fingerprint density at radius 1 is 0.824 bits per heavy atom. The van der Waals surface area contributed by atoms with Crippen LogP contribution in [-0.4, -0.2) is 10.2 Å². The van der Waals surface area contributed by atoms with Crippen LogP contribution in [0.25, 0.3) is 11.1 Å². The molecule has 2 heteroatoms. The van der Waals surface area contributed by atoms with Crippen molar-refractivity contribution in [1.82, 2.24) is 0 Å². The van der Waals surface area contributed by atoms with Gasteiger partial charge in [-0.25, -0.2) is 0 Å². The van der Waals surface area contributed by atoms with Crippen molar-refractivity contribution in [2.45, 2.75) is 20.8 Å². The van der Waals surface area contributed by atoms with E-state index in [0.717, 1.165) is 16.7 Å². The quantitative estimate of drug-likeness (QED) is 0.731. The predicted octanol–water partition coefficient (Wildman–Crippen LogP) is 3.69. The van der Waals surface area contributed by atoms with Crippen LogP contribution in [0, 0.1) is 20.8 Å². The molecular weight excluding hydrogens is 212 g/mol. The Morgan fingerprint density at radius 2 is 1.47 bits per heavy atom. The lowest BCUT2D eigenvalue weighted by molar-refractivity contribution is 0.458. The van der Waals surface area contributed by atoms with E-state index in [4.69, 9.17) is 0 Å². The minimum Gasteiger partial charge on any atom is -0.508 e. The van der Waals surface area contributed by atoms with Crippen molar-refractivity contribution in [2.75, 3.05) is 0 Å². The van der Waals surface area contributed by atoms with Crippen LogP contribution in [0.3, 0.4) is 0 Å². The second kappa shape index (κ2) is 4.13. The molecule has 0 atom stereocenters. The van der Waals surface area contributed by atoms with Crippen LogP contribution in [0.2, 0.25) is 0 Å². The lowest BCUT2D eigenvalue weighted by atomic mass is 9.94. The predicted molar refractivity (Wildman–Crippen MR) is 69.4 cm³/mol. The largest absolute Gasteiger partial charge is 0.508 e. The molecule has 2 aromatic rings. The van der Waals surface area contributed by atoms with Gasteiger partial charge in [0, 0.05) is 11.1 Å². The average Bonchev–Trinajstić information content (AvgIpc) is 2.29. The Labute approximate surface area is 101 Å². The maximum atomic E-state index is 9.97. The van der Waals surface area contributed by atoms with Crippen molar-refractivity contribution in [3.8, 4) is 22.6 Å². The highest BCUT2D eigenvalue weighted by Crippen LogP contribution is 2.38. The Bertz CT molecular complexity index is 571. The molecule has 88 valence electrons. The Morgan fingerprint density at radius 3 is 2.18 bits per heavy atom. The molecule has 0 heterocycles. The minimum atomic E-state index is 0.203. The summed E-state index contributed by atoms with van der Waals surface area (Å²) >= 11 is 0. The summed E-state index contributed by atoms with van der Waals surface area (Å²) in [7, 11) is 0. The zero-order chi connectivity index (χ0) is 12.6. The number of rotatable bonds is 1. The second-order valence-electron chi connectivity index (χ2n) is 4.42. The van der Waals surface area contributed by atoms with E-state index in [-0.39, 0.29) is 11.5 Å². The molecule has 0 saturated heterocycles. The highest BCUT2D eigenvalue weighted by atomic mass is 16.3. The smallest absolute Gasteiger partial charge is 0.123 e. The maximum absolute atomic E-state index is 9.97. The van der Waals surface area contributed by atoms with Crippen molar-refractivity contribution in [3.05, 3.63) is 47.0 Å². The normalized spacial score (nSPS) is 10.5. The number of phenols is 2. The summed E-state index contributed by atoms with van der Waals surface area (Å²) in [6.07, 6.45) is 0. The lowest BCUT2D eigenvalue weighted by Crippen LogP contribution is -1.89. The van der Waals surface area contributed by atoms with E-state index in [1.807, 2.05) is 39.0 Å². The first kappa shape index (κ1) is 11.5. The number of aryl methyl sites for hydroxylation is 2. The van der Waals surface area contributed by atoms with E-state index in [2.05, 4.69) is 0 Å². The first-order chi connectivity index (χ1) is 8.00. The van der Waals surface area contributed by atoms with Crippen molar-refractivity contribution >= 4 is 0 Å². The van der Waals surface area contributed by atoms with Crippen LogP contribution >= 0.6 is 0 Å². The van der Waals surface area contributed by atoms with Crippen LogP contribution in [0.15, 0.2) is 30.3 Å². The zero-order valence-corrected chi connectivity index (χ0v) is 10.3. The molecule has 0 aliphatic heterocycles. The first-order valence-corrected chi connectivity index (χ1v) is 5.60. The third-order valence-corrected chi connectivity index (χ3v) is 3.08. The molecule has 0 bridgehead atoms. The van der Waals surface area contributed by atoms with Crippen molar-refractivity contribution < 1.29 is 10.2 Å². The highest BCUT2D eigenvalue weighted by molar-refractivity contribution is 5.78. The average molecular weight is 228 g/mol. The Balaban J connectivity index is 2.76. The SMILES string of the molecule is Cc1ccc(C)c(-c2c(O)ccc(O)c2C)c1. The molecule has 2 nitrogen and oxygen atoms in total. The van der Waals surface area contributed by atoms with Crippen molar-refractivity contribution in [2.24, 2.45) is 0 Å². The minimum absolute atomic E-state index is 0.203. The number of benzene rings is 2. The highest BCUT2D eigenvalue weighted by Gasteiger charge is 2.13. The van der Waals surface area contributed by atoms with Crippen molar-refractivity contribution in [1.29, 1.82) is 0 Å². The van der Waals surface area contributed by atoms with Crippen LogP contribution in [0.5, 0.6) is 11.5 Å². The Kier molecular flexibility index (Phi) is 2.80. The molecule has 0 radical (unpaired) electrons. The Hall–Kier alpha value is -1.96. The molecule has 2 N–H and O–H groups in total.